The lowest BCUT2D eigenvalue weighted by Gasteiger charge is -2.32. The lowest BCUT2D eigenvalue weighted by Crippen LogP contribution is -2.41. The highest BCUT2D eigenvalue weighted by atomic mass is 16.5. The molecule has 1 aromatic carbocycles. The van der Waals surface area contributed by atoms with Crippen LogP contribution in [0.5, 0.6) is 0 Å². The van der Waals surface area contributed by atoms with Crippen LogP contribution in [0, 0.1) is 6.92 Å². The van der Waals surface area contributed by atoms with Crippen LogP contribution < -0.4 is 5.32 Å². The third-order valence-electron chi connectivity index (χ3n) is 4.95. The summed E-state index contributed by atoms with van der Waals surface area (Å²) < 4.78 is 4.95. The number of nitrogens with one attached hydrogen (secondary N) is 1. The van der Waals surface area contributed by atoms with Crippen molar-refractivity contribution in [3.63, 3.8) is 0 Å². The van der Waals surface area contributed by atoms with E-state index in [0.29, 0.717) is 30.2 Å². The van der Waals surface area contributed by atoms with Gasteiger partial charge in [0.15, 0.2) is 0 Å². The van der Waals surface area contributed by atoms with E-state index in [-0.39, 0.29) is 24.3 Å². The maximum Gasteiger partial charge on any atom is 0.254 e. The Bertz CT molecular complexity index is 826. The summed E-state index contributed by atoms with van der Waals surface area (Å²) in [5.41, 5.74) is 2.16. The van der Waals surface area contributed by atoms with E-state index in [0.717, 1.165) is 24.9 Å². The number of piperidine rings is 1. The number of nitrogens with zero attached hydrogens (tertiary/aromatic N) is 3. The van der Waals surface area contributed by atoms with Crippen LogP contribution in [0.1, 0.15) is 46.2 Å². The van der Waals surface area contributed by atoms with Crippen LogP contribution in [-0.4, -0.2) is 53.5 Å². The zero-order chi connectivity index (χ0) is 19.9. The normalized spacial score (nSPS) is 16.6. The Morgan fingerprint density at radius 3 is 2.79 bits per heavy atom. The van der Waals surface area contributed by atoms with Gasteiger partial charge in [0.05, 0.1) is 11.3 Å². The zero-order valence-corrected chi connectivity index (χ0v) is 16.4. The lowest BCUT2D eigenvalue weighted by atomic mass is 9.97. The Balaban J connectivity index is 1.64. The number of benzene rings is 1. The second kappa shape index (κ2) is 9.41. The van der Waals surface area contributed by atoms with Gasteiger partial charge < -0.3 is 15.0 Å². The molecule has 3 rings (SSSR count). The topological polar surface area (TPSA) is 84.4 Å². The SMILES string of the molecule is COCC(=O)N1CCC[C@@H](c2ncc(C(=O)NCc3ccccc3)c(C)n2)C1. The largest absolute Gasteiger partial charge is 0.375 e. The molecule has 1 saturated heterocycles. The Morgan fingerprint density at radius 2 is 2.07 bits per heavy atom. The molecule has 1 aliphatic rings. The molecular formula is C21H26N4O3. The van der Waals surface area contributed by atoms with Gasteiger partial charge in [-0.1, -0.05) is 30.3 Å². The number of ether oxygens (including phenoxy) is 1. The van der Waals surface area contributed by atoms with Gasteiger partial charge in [0.2, 0.25) is 5.91 Å². The van der Waals surface area contributed by atoms with E-state index in [1.165, 1.54) is 7.11 Å². The molecule has 0 saturated carbocycles. The molecule has 28 heavy (non-hydrogen) atoms. The molecule has 0 spiro atoms. The molecular weight excluding hydrogens is 356 g/mol. The molecule has 1 aliphatic heterocycles. The molecule has 0 unspecified atom stereocenters. The Hall–Kier alpha value is -2.80. The number of hydrogen-bond acceptors (Lipinski definition) is 5. The van der Waals surface area contributed by atoms with Gasteiger partial charge in [0.25, 0.3) is 5.91 Å². The van der Waals surface area contributed by atoms with Crippen molar-refractivity contribution >= 4 is 11.8 Å². The first kappa shape index (κ1) is 19.9. The van der Waals surface area contributed by atoms with Gasteiger partial charge in [-0.3, -0.25) is 9.59 Å². The van der Waals surface area contributed by atoms with Gasteiger partial charge in [0.1, 0.15) is 12.4 Å². The average molecular weight is 382 g/mol. The maximum absolute atomic E-state index is 12.5. The van der Waals surface area contributed by atoms with Crippen molar-refractivity contribution in [2.24, 2.45) is 0 Å². The standard InChI is InChI=1S/C21H26N4O3/c1-15-18(21(27)23-11-16-7-4-3-5-8-16)12-22-20(24-15)17-9-6-10-25(13-17)19(26)14-28-2/h3-5,7-8,12,17H,6,9-11,13-14H2,1-2H3,(H,23,27)/t17-/m1/s1. The zero-order valence-electron chi connectivity index (χ0n) is 16.4. The number of likely N-dealkylation sites (tertiary alicyclic amines) is 1. The number of rotatable bonds is 6. The predicted octanol–water partition coefficient (Wildman–Crippen LogP) is 2.07. The van der Waals surface area contributed by atoms with E-state index in [1.54, 1.807) is 11.1 Å². The number of amides is 2. The average Bonchev–Trinajstić information content (AvgIpc) is 2.73. The number of aromatic nitrogens is 2. The number of carbonyl (C=O) groups excluding carboxylic acids is 2. The molecule has 0 aliphatic carbocycles. The highest BCUT2D eigenvalue weighted by molar-refractivity contribution is 5.94. The number of hydrogen-bond donors (Lipinski definition) is 1. The van der Waals surface area contributed by atoms with Gasteiger partial charge >= 0.3 is 0 Å². The smallest absolute Gasteiger partial charge is 0.254 e. The van der Waals surface area contributed by atoms with E-state index >= 15 is 0 Å². The van der Waals surface area contributed by atoms with Crippen LogP contribution in [0.15, 0.2) is 36.5 Å². The van der Waals surface area contributed by atoms with Gasteiger partial charge in [-0.05, 0) is 25.3 Å². The minimum absolute atomic E-state index is 0.0131. The van der Waals surface area contributed by atoms with Crippen LogP contribution in [0.3, 0.4) is 0 Å². The quantitative estimate of drug-likeness (QED) is 0.827. The number of methoxy groups -OCH3 is 1. The molecule has 2 heterocycles. The van der Waals surface area contributed by atoms with Gasteiger partial charge in [-0.15, -0.1) is 0 Å². The van der Waals surface area contributed by atoms with Crippen molar-refractivity contribution in [1.82, 2.24) is 20.2 Å². The summed E-state index contributed by atoms with van der Waals surface area (Å²) in [4.78, 5) is 35.4. The lowest BCUT2D eigenvalue weighted by molar-refractivity contribution is -0.136. The van der Waals surface area contributed by atoms with E-state index in [4.69, 9.17) is 4.74 Å². The third-order valence-corrected chi connectivity index (χ3v) is 4.95. The molecule has 1 atom stereocenters. The second-order valence-corrected chi connectivity index (χ2v) is 7.01. The van der Waals surface area contributed by atoms with E-state index in [2.05, 4.69) is 15.3 Å². The highest BCUT2D eigenvalue weighted by Gasteiger charge is 2.27. The molecule has 1 aromatic heterocycles. The Morgan fingerprint density at radius 1 is 1.29 bits per heavy atom. The van der Waals surface area contributed by atoms with Crippen LogP contribution >= 0.6 is 0 Å². The van der Waals surface area contributed by atoms with Crippen LogP contribution in [-0.2, 0) is 16.1 Å². The van der Waals surface area contributed by atoms with Gasteiger partial charge in [-0.2, -0.15) is 0 Å². The van der Waals surface area contributed by atoms with E-state index in [1.807, 2.05) is 37.3 Å². The third kappa shape index (κ3) is 4.92. The van der Waals surface area contributed by atoms with Crippen LogP contribution in [0.25, 0.3) is 0 Å². The second-order valence-electron chi connectivity index (χ2n) is 7.01. The minimum Gasteiger partial charge on any atom is -0.375 e. The molecule has 7 nitrogen and oxygen atoms in total. The minimum atomic E-state index is -0.187. The molecule has 2 aromatic rings. The predicted molar refractivity (Wildman–Crippen MR) is 105 cm³/mol. The van der Waals surface area contributed by atoms with Crippen molar-refractivity contribution in [1.29, 1.82) is 0 Å². The summed E-state index contributed by atoms with van der Waals surface area (Å²) in [6, 6.07) is 9.75. The number of aryl methyl sites for hydroxylation is 1. The van der Waals surface area contributed by atoms with Crippen molar-refractivity contribution < 1.29 is 14.3 Å². The molecule has 1 fully saturated rings. The van der Waals surface area contributed by atoms with Crippen molar-refractivity contribution in [2.45, 2.75) is 32.2 Å². The van der Waals surface area contributed by atoms with Crippen molar-refractivity contribution in [3.05, 3.63) is 59.2 Å². The molecule has 7 heteroatoms. The Kier molecular flexibility index (Phi) is 6.71. The fourth-order valence-electron chi connectivity index (χ4n) is 3.41. The molecule has 0 bridgehead atoms. The first-order chi connectivity index (χ1) is 13.6. The molecule has 2 amide bonds. The van der Waals surface area contributed by atoms with E-state index in [9.17, 15) is 9.59 Å². The maximum atomic E-state index is 12.5. The summed E-state index contributed by atoms with van der Waals surface area (Å²) in [6.45, 7) is 3.69. The summed E-state index contributed by atoms with van der Waals surface area (Å²) in [5, 5.41) is 2.91. The van der Waals surface area contributed by atoms with Gasteiger partial charge in [-0.25, -0.2) is 9.97 Å². The number of carbonyl (C=O) groups is 2. The first-order valence-electron chi connectivity index (χ1n) is 9.51. The van der Waals surface area contributed by atoms with Gasteiger partial charge in [0, 0.05) is 38.9 Å². The van der Waals surface area contributed by atoms with Crippen molar-refractivity contribution in [3.8, 4) is 0 Å². The monoisotopic (exact) mass is 382 g/mol. The first-order valence-corrected chi connectivity index (χ1v) is 9.51. The molecule has 1 N–H and O–H groups in total. The fourth-order valence-corrected chi connectivity index (χ4v) is 3.41. The summed E-state index contributed by atoms with van der Waals surface area (Å²) in [6.07, 6.45) is 3.42. The van der Waals surface area contributed by atoms with Crippen LogP contribution in [0.2, 0.25) is 0 Å². The van der Waals surface area contributed by atoms with Crippen molar-refractivity contribution in [2.75, 3.05) is 26.8 Å². The molecule has 0 radical (unpaired) electrons. The molecule has 148 valence electrons. The highest BCUT2D eigenvalue weighted by Crippen LogP contribution is 2.25. The van der Waals surface area contributed by atoms with Crippen LogP contribution in [0.4, 0.5) is 0 Å². The summed E-state index contributed by atoms with van der Waals surface area (Å²) in [7, 11) is 1.52. The fraction of sp³-hybridized carbons (Fsp3) is 0.429. The summed E-state index contributed by atoms with van der Waals surface area (Å²) in [5.74, 6) is 0.566. The summed E-state index contributed by atoms with van der Waals surface area (Å²) >= 11 is 0. The Labute approximate surface area is 165 Å². The van der Waals surface area contributed by atoms with E-state index < -0.39 is 0 Å².